The highest BCUT2D eigenvalue weighted by atomic mass is 16.5. The van der Waals surface area contributed by atoms with Crippen LogP contribution >= 0.6 is 0 Å². The number of aliphatic hydroxyl groups excluding tert-OH is 1. The van der Waals surface area contributed by atoms with Crippen LogP contribution in [0.15, 0.2) is 0 Å². The molecule has 1 unspecified atom stereocenters. The third-order valence-corrected chi connectivity index (χ3v) is 2.12. The zero-order valence-electron chi connectivity index (χ0n) is 9.75. The summed E-state index contributed by atoms with van der Waals surface area (Å²) in [5.41, 5.74) is 0. The largest absolute Gasteiger partial charge is 0.389 e. The normalized spacial score (nSPS) is 13.5. The summed E-state index contributed by atoms with van der Waals surface area (Å²) >= 11 is 0. The lowest BCUT2D eigenvalue weighted by Gasteiger charge is -2.10. The number of hydrogen-bond acceptors (Lipinski definition) is 3. The fourth-order valence-corrected chi connectivity index (χ4v) is 1.32. The minimum absolute atomic E-state index is 0.370. The molecular weight excluding hydrogens is 178 g/mol. The average molecular weight is 203 g/mol. The molecule has 0 aromatic rings. The molecule has 14 heavy (non-hydrogen) atoms. The van der Waals surface area contributed by atoms with Crippen molar-refractivity contribution in [3.8, 4) is 0 Å². The van der Waals surface area contributed by atoms with Gasteiger partial charge in [-0.05, 0) is 18.9 Å². The van der Waals surface area contributed by atoms with Gasteiger partial charge >= 0.3 is 0 Å². The first-order chi connectivity index (χ1) is 6.66. The third kappa shape index (κ3) is 9.96. The molecule has 3 heteroatoms. The summed E-state index contributed by atoms with van der Waals surface area (Å²) in [7, 11) is 1.60. The number of ether oxygens (including phenoxy) is 1. The van der Waals surface area contributed by atoms with Gasteiger partial charge in [-0.2, -0.15) is 0 Å². The molecule has 0 radical (unpaired) electrons. The first-order valence-corrected chi connectivity index (χ1v) is 5.54. The molecule has 86 valence electrons. The Morgan fingerprint density at radius 3 is 2.57 bits per heavy atom. The quantitative estimate of drug-likeness (QED) is 0.557. The molecule has 0 spiro atoms. The van der Waals surface area contributed by atoms with Crippen LogP contribution in [0.2, 0.25) is 0 Å². The molecule has 0 saturated carbocycles. The van der Waals surface area contributed by atoms with Crippen molar-refractivity contribution in [1.29, 1.82) is 0 Å². The molecule has 0 aliphatic heterocycles. The molecule has 0 bridgehead atoms. The van der Waals surface area contributed by atoms with Crippen molar-refractivity contribution in [2.45, 2.75) is 39.2 Å². The molecule has 0 aromatic heterocycles. The predicted molar refractivity (Wildman–Crippen MR) is 59.4 cm³/mol. The van der Waals surface area contributed by atoms with E-state index in [1.165, 1.54) is 19.3 Å². The van der Waals surface area contributed by atoms with Gasteiger partial charge in [-0.1, -0.05) is 26.7 Å². The van der Waals surface area contributed by atoms with E-state index in [1.807, 2.05) is 0 Å². The van der Waals surface area contributed by atoms with Crippen molar-refractivity contribution < 1.29 is 9.84 Å². The number of unbranched alkanes of at least 4 members (excludes halogenated alkanes) is 1. The van der Waals surface area contributed by atoms with Crippen molar-refractivity contribution in [2.75, 3.05) is 26.8 Å². The van der Waals surface area contributed by atoms with Crippen LogP contribution in [0.25, 0.3) is 0 Å². The fourth-order valence-electron chi connectivity index (χ4n) is 1.32. The summed E-state index contributed by atoms with van der Waals surface area (Å²) in [6, 6.07) is 0. The molecule has 0 aliphatic rings. The van der Waals surface area contributed by atoms with Crippen LogP contribution in [0.1, 0.15) is 33.1 Å². The Hall–Kier alpha value is -0.120. The lowest BCUT2D eigenvalue weighted by Crippen LogP contribution is -2.30. The molecule has 0 heterocycles. The highest BCUT2D eigenvalue weighted by Gasteiger charge is 2.01. The summed E-state index contributed by atoms with van der Waals surface area (Å²) in [6.07, 6.45) is 3.38. The Bertz CT molecular complexity index is 118. The van der Waals surface area contributed by atoms with Gasteiger partial charge in [-0.25, -0.2) is 0 Å². The summed E-state index contributed by atoms with van der Waals surface area (Å²) < 4.78 is 4.82. The van der Waals surface area contributed by atoms with Crippen LogP contribution in [-0.2, 0) is 4.74 Å². The highest BCUT2D eigenvalue weighted by Crippen LogP contribution is 2.04. The molecule has 0 aromatic carbocycles. The van der Waals surface area contributed by atoms with Crippen molar-refractivity contribution in [1.82, 2.24) is 5.32 Å². The number of hydrogen-bond donors (Lipinski definition) is 2. The number of aliphatic hydroxyl groups is 1. The summed E-state index contributed by atoms with van der Waals surface area (Å²) in [5.74, 6) is 0.800. The summed E-state index contributed by atoms with van der Waals surface area (Å²) in [6.45, 7) is 6.54. The van der Waals surface area contributed by atoms with Crippen molar-refractivity contribution in [3.05, 3.63) is 0 Å². The van der Waals surface area contributed by atoms with E-state index in [0.29, 0.717) is 13.2 Å². The average Bonchev–Trinajstić information content (AvgIpc) is 2.11. The van der Waals surface area contributed by atoms with E-state index in [4.69, 9.17) is 4.74 Å². The van der Waals surface area contributed by atoms with Crippen LogP contribution in [0.5, 0.6) is 0 Å². The lowest BCUT2D eigenvalue weighted by atomic mass is 10.1. The zero-order chi connectivity index (χ0) is 10.8. The second-order valence-corrected chi connectivity index (χ2v) is 4.20. The van der Waals surface area contributed by atoms with Crippen LogP contribution in [0, 0.1) is 5.92 Å². The Morgan fingerprint density at radius 2 is 2.00 bits per heavy atom. The van der Waals surface area contributed by atoms with E-state index in [9.17, 15) is 5.11 Å². The van der Waals surface area contributed by atoms with Gasteiger partial charge in [0.1, 0.15) is 0 Å². The fraction of sp³-hybridized carbons (Fsp3) is 1.00. The topological polar surface area (TPSA) is 41.5 Å². The van der Waals surface area contributed by atoms with Gasteiger partial charge < -0.3 is 15.2 Å². The number of rotatable bonds is 9. The van der Waals surface area contributed by atoms with Crippen molar-refractivity contribution in [2.24, 2.45) is 5.92 Å². The Kier molecular flexibility index (Phi) is 9.35. The van der Waals surface area contributed by atoms with Gasteiger partial charge in [-0.3, -0.25) is 0 Å². The molecule has 0 amide bonds. The van der Waals surface area contributed by atoms with E-state index in [2.05, 4.69) is 19.2 Å². The summed E-state index contributed by atoms with van der Waals surface area (Å²) in [5, 5.41) is 12.5. The lowest BCUT2D eigenvalue weighted by molar-refractivity contribution is 0.0646. The maximum absolute atomic E-state index is 9.31. The second-order valence-electron chi connectivity index (χ2n) is 4.20. The Balaban J connectivity index is 3.05. The SMILES string of the molecule is COCC(O)CNCCCCC(C)C. The van der Waals surface area contributed by atoms with Gasteiger partial charge in [-0.15, -0.1) is 0 Å². The number of nitrogens with one attached hydrogen (secondary N) is 1. The minimum atomic E-state index is -0.370. The number of methoxy groups -OCH3 is 1. The van der Waals surface area contributed by atoms with Crippen LogP contribution in [0.3, 0.4) is 0 Å². The Labute approximate surface area is 87.8 Å². The molecule has 0 fully saturated rings. The van der Waals surface area contributed by atoms with Crippen molar-refractivity contribution in [3.63, 3.8) is 0 Å². The first kappa shape index (κ1) is 13.9. The first-order valence-electron chi connectivity index (χ1n) is 5.54. The van der Waals surface area contributed by atoms with E-state index in [1.54, 1.807) is 7.11 Å². The molecule has 0 saturated heterocycles. The van der Waals surface area contributed by atoms with E-state index in [0.717, 1.165) is 12.5 Å². The molecule has 1 atom stereocenters. The van der Waals surface area contributed by atoms with E-state index in [-0.39, 0.29) is 6.10 Å². The van der Waals surface area contributed by atoms with Crippen LogP contribution in [-0.4, -0.2) is 38.0 Å². The van der Waals surface area contributed by atoms with Gasteiger partial charge in [0.05, 0.1) is 12.7 Å². The van der Waals surface area contributed by atoms with Gasteiger partial charge in [0.15, 0.2) is 0 Å². The standard InChI is InChI=1S/C11H25NO2/c1-10(2)6-4-5-7-12-8-11(13)9-14-3/h10-13H,4-9H2,1-3H3. The molecule has 0 aliphatic carbocycles. The maximum Gasteiger partial charge on any atom is 0.0897 e. The molecule has 3 nitrogen and oxygen atoms in total. The predicted octanol–water partition coefficient (Wildman–Crippen LogP) is 1.41. The van der Waals surface area contributed by atoms with Gasteiger partial charge in [0.25, 0.3) is 0 Å². The Morgan fingerprint density at radius 1 is 1.29 bits per heavy atom. The second kappa shape index (κ2) is 9.44. The maximum atomic E-state index is 9.31. The monoisotopic (exact) mass is 203 g/mol. The van der Waals surface area contributed by atoms with Crippen molar-refractivity contribution >= 4 is 0 Å². The van der Waals surface area contributed by atoms with Gasteiger partial charge in [0.2, 0.25) is 0 Å². The minimum Gasteiger partial charge on any atom is -0.389 e. The molecule has 0 rings (SSSR count). The van der Waals surface area contributed by atoms with Crippen LogP contribution < -0.4 is 5.32 Å². The highest BCUT2D eigenvalue weighted by molar-refractivity contribution is 4.58. The molecule has 2 N–H and O–H groups in total. The summed E-state index contributed by atoms with van der Waals surface area (Å²) in [4.78, 5) is 0. The zero-order valence-corrected chi connectivity index (χ0v) is 9.75. The van der Waals surface area contributed by atoms with Gasteiger partial charge in [0, 0.05) is 13.7 Å². The third-order valence-electron chi connectivity index (χ3n) is 2.12. The smallest absolute Gasteiger partial charge is 0.0897 e. The van der Waals surface area contributed by atoms with E-state index >= 15 is 0 Å². The van der Waals surface area contributed by atoms with E-state index < -0.39 is 0 Å². The molecular formula is C11H25NO2. The van der Waals surface area contributed by atoms with Crippen LogP contribution in [0.4, 0.5) is 0 Å².